The maximum absolute atomic E-state index is 13.7. The minimum Gasteiger partial charge on any atom is -0.495 e. The zero-order chi connectivity index (χ0) is 12.5. The Labute approximate surface area is 104 Å². The Bertz CT molecular complexity index is 619. The van der Waals surface area contributed by atoms with Gasteiger partial charge in [0, 0.05) is 11.8 Å². The van der Waals surface area contributed by atoms with E-state index in [1.165, 1.54) is 6.07 Å². The van der Waals surface area contributed by atoms with Crippen LogP contribution in [-0.2, 0) is 4.74 Å². The molecule has 0 saturated heterocycles. The number of halogens is 1. The maximum Gasteiger partial charge on any atom is 0.136 e. The fourth-order valence-electron chi connectivity index (χ4n) is 2.30. The topological polar surface area (TPSA) is 29.5 Å². The Morgan fingerprint density at radius 1 is 1.11 bits per heavy atom. The van der Waals surface area contributed by atoms with Gasteiger partial charge in [0.05, 0.1) is 6.61 Å². The molecule has 1 heterocycles. The summed E-state index contributed by atoms with van der Waals surface area (Å²) in [5, 5.41) is 11.5. The summed E-state index contributed by atoms with van der Waals surface area (Å²) in [7, 11) is 0. The molecule has 1 aliphatic heterocycles. The molecule has 18 heavy (non-hydrogen) atoms. The Morgan fingerprint density at radius 2 is 1.89 bits per heavy atom. The van der Waals surface area contributed by atoms with Crippen LogP contribution in [0.15, 0.2) is 48.2 Å². The summed E-state index contributed by atoms with van der Waals surface area (Å²) in [4.78, 5) is 0. The summed E-state index contributed by atoms with van der Waals surface area (Å²) in [6.45, 7) is 0.603. The summed E-state index contributed by atoms with van der Waals surface area (Å²) in [5.74, 6) is 0.287. The predicted molar refractivity (Wildman–Crippen MR) is 67.5 cm³/mol. The van der Waals surface area contributed by atoms with E-state index >= 15 is 0 Å². The molecule has 2 nitrogen and oxygen atoms in total. The fourth-order valence-corrected chi connectivity index (χ4v) is 2.30. The van der Waals surface area contributed by atoms with Crippen molar-refractivity contribution < 1.29 is 14.2 Å². The number of ether oxygens (including phenoxy) is 1. The molecule has 0 saturated carbocycles. The van der Waals surface area contributed by atoms with Gasteiger partial charge in [0.25, 0.3) is 0 Å². The number of aliphatic hydroxyl groups is 1. The minimum absolute atomic E-state index is 0.275. The fraction of sp³-hybridized carbons (Fsp3) is 0.200. The highest BCUT2D eigenvalue weighted by molar-refractivity contribution is 5.86. The van der Waals surface area contributed by atoms with E-state index in [1.807, 2.05) is 18.2 Å². The third kappa shape index (κ3) is 1.77. The van der Waals surface area contributed by atoms with Crippen LogP contribution in [-0.4, -0.2) is 11.7 Å². The second-order valence-corrected chi connectivity index (χ2v) is 4.33. The van der Waals surface area contributed by atoms with Crippen molar-refractivity contribution in [2.75, 3.05) is 6.61 Å². The van der Waals surface area contributed by atoms with Gasteiger partial charge in [-0.1, -0.05) is 30.3 Å². The number of benzene rings is 2. The lowest BCUT2D eigenvalue weighted by molar-refractivity contribution is 0.120. The summed E-state index contributed by atoms with van der Waals surface area (Å²) in [5.41, 5.74) is 0.681. The van der Waals surface area contributed by atoms with Gasteiger partial charge >= 0.3 is 0 Å². The molecule has 0 aromatic heterocycles. The lowest BCUT2D eigenvalue weighted by atomic mass is 9.99. The van der Waals surface area contributed by atoms with Gasteiger partial charge in [-0.3, -0.25) is 0 Å². The van der Waals surface area contributed by atoms with Crippen LogP contribution < -0.4 is 0 Å². The normalized spacial score (nSPS) is 16.4. The van der Waals surface area contributed by atoms with Crippen LogP contribution in [0.25, 0.3) is 10.8 Å². The molecule has 1 aliphatic rings. The zero-order valence-corrected chi connectivity index (χ0v) is 9.77. The standard InChI is InChI=1S/C15H13FO2/c16-13-8-7-12(10-4-1-2-5-11(10)13)15(17)14-6-3-9-18-14/h1-2,4-8,15,17H,3,9H2. The van der Waals surface area contributed by atoms with E-state index in [1.54, 1.807) is 18.2 Å². The van der Waals surface area contributed by atoms with Crippen molar-refractivity contribution in [2.45, 2.75) is 12.5 Å². The van der Waals surface area contributed by atoms with Gasteiger partial charge in [-0.15, -0.1) is 0 Å². The highest BCUT2D eigenvalue weighted by Gasteiger charge is 2.20. The van der Waals surface area contributed by atoms with E-state index in [0.717, 1.165) is 11.8 Å². The van der Waals surface area contributed by atoms with Crippen LogP contribution >= 0.6 is 0 Å². The Morgan fingerprint density at radius 3 is 2.61 bits per heavy atom. The molecule has 3 heteroatoms. The minimum atomic E-state index is -0.821. The van der Waals surface area contributed by atoms with Gasteiger partial charge in [-0.05, 0) is 23.1 Å². The van der Waals surface area contributed by atoms with Crippen LogP contribution in [0.2, 0.25) is 0 Å². The van der Waals surface area contributed by atoms with Crippen molar-refractivity contribution in [3.05, 3.63) is 59.6 Å². The van der Waals surface area contributed by atoms with E-state index in [9.17, 15) is 9.50 Å². The molecule has 0 amide bonds. The van der Waals surface area contributed by atoms with Crippen LogP contribution in [0.1, 0.15) is 18.1 Å². The first-order valence-corrected chi connectivity index (χ1v) is 5.95. The van der Waals surface area contributed by atoms with Gasteiger partial charge < -0.3 is 9.84 Å². The number of aliphatic hydroxyl groups excluding tert-OH is 1. The van der Waals surface area contributed by atoms with Crippen LogP contribution in [0, 0.1) is 5.82 Å². The molecular weight excluding hydrogens is 231 g/mol. The van der Waals surface area contributed by atoms with Crippen LogP contribution in [0.4, 0.5) is 4.39 Å². The lowest BCUT2D eigenvalue weighted by Gasteiger charge is -2.15. The van der Waals surface area contributed by atoms with Crippen molar-refractivity contribution in [3.63, 3.8) is 0 Å². The van der Waals surface area contributed by atoms with Gasteiger partial charge in [0.15, 0.2) is 0 Å². The van der Waals surface area contributed by atoms with Gasteiger partial charge in [-0.25, -0.2) is 4.39 Å². The van der Waals surface area contributed by atoms with Crippen molar-refractivity contribution in [2.24, 2.45) is 0 Å². The molecule has 0 spiro atoms. The molecule has 3 rings (SSSR count). The first-order chi connectivity index (χ1) is 8.77. The summed E-state index contributed by atoms with van der Waals surface area (Å²) in [6, 6.07) is 10.1. The third-order valence-corrected chi connectivity index (χ3v) is 3.20. The monoisotopic (exact) mass is 244 g/mol. The van der Waals surface area contributed by atoms with E-state index < -0.39 is 6.10 Å². The largest absolute Gasteiger partial charge is 0.495 e. The van der Waals surface area contributed by atoms with Gasteiger partial charge in [0.2, 0.25) is 0 Å². The van der Waals surface area contributed by atoms with Gasteiger partial charge in [0.1, 0.15) is 17.7 Å². The lowest BCUT2D eigenvalue weighted by Crippen LogP contribution is -2.03. The van der Waals surface area contributed by atoms with Crippen molar-refractivity contribution in [3.8, 4) is 0 Å². The highest BCUT2D eigenvalue weighted by atomic mass is 19.1. The molecule has 1 N–H and O–H groups in total. The quantitative estimate of drug-likeness (QED) is 0.878. The first kappa shape index (κ1) is 11.2. The Balaban J connectivity index is 2.14. The molecule has 92 valence electrons. The van der Waals surface area contributed by atoms with E-state index in [0.29, 0.717) is 23.3 Å². The van der Waals surface area contributed by atoms with E-state index in [2.05, 4.69) is 0 Å². The van der Waals surface area contributed by atoms with Gasteiger partial charge in [-0.2, -0.15) is 0 Å². The molecule has 1 atom stereocenters. The zero-order valence-electron chi connectivity index (χ0n) is 9.77. The number of hydrogen-bond donors (Lipinski definition) is 1. The highest BCUT2D eigenvalue weighted by Crippen LogP contribution is 2.32. The molecule has 1 unspecified atom stereocenters. The van der Waals surface area contributed by atoms with E-state index in [4.69, 9.17) is 4.74 Å². The van der Waals surface area contributed by atoms with Crippen LogP contribution in [0.5, 0.6) is 0 Å². The van der Waals surface area contributed by atoms with E-state index in [-0.39, 0.29) is 5.82 Å². The molecule has 0 radical (unpaired) electrons. The molecule has 0 aliphatic carbocycles. The Hall–Kier alpha value is -1.87. The van der Waals surface area contributed by atoms with Crippen LogP contribution in [0.3, 0.4) is 0 Å². The van der Waals surface area contributed by atoms with Crippen molar-refractivity contribution in [1.29, 1.82) is 0 Å². The molecular formula is C15H13FO2. The average molecular weight is 244 g/mol. The molecule has 2 aromatic rings. The van der Waals surface area contributed by atoms with Crippen molar-refractivity contribution >= 4 is 10.8 Å². The number of fused-ring (bicyclic) bond motifs is 1. The Kier molecular flexibility index (Phi) is 2.76. The predicted octanol–water partition coefficient (Wildman–Crippen LogP) is 3.32. The average Bonchev–Trinajstić information content (AvgIpc) is 2.93. The second kappa shape index (κ2) is 4.42. The summed E-state index contributed by atoms with van der Waals surface area (Å²) < 4.78 is 19.0. The first-order valence-electron chi connectivity index (χ1n) is 5.95. The third-order valence-electron chi connectivity index (χ3n) is 3.20. The molecule has 0 bridgehead atoms. The second-order valence-electron chi connectivity index (χ2n) is 4.33. The summed E-state index contributed by atoms with van der Waals surface area (Å²) >= 11 is 0. The summed E-state index contributed by atoms with van der Waals surface area (Å²) in [6.07, 6.45) is 1.87. The maximum atomic E-state index is 13.7. The van der Waals surface area contributed by atoms with Crippen molar-refractivity contribution in [1.82, 2.24) is 0 Å². The molecule has 0 fully saturated rings. The number of rotatable bonds is 2. The SMILES string of the molecule is OC(C1=CCCO1)c1ccc(F)c2ccccc12. The number of hydrogen-bond acceptors (Lipinski definition) is 2. The smallest absolute Gasteiger partial charge is 0.136 e. The molecule has 2 aromatic carbocycles.